The highest BCUT2D eigenvalue weighted by atomic mass is 19.4. The third kappa shape index (κ3) is 3.44. The minimum atomic E-state index is -4.53. The van der Waals surface area contributed by atoms with Crippen LogP contribution in [-0.4, -0.2) is 32.5 Å². The third-order valence-electron chi connectivity index (χ3n) is 4.83. The average molecular weight is 403 g/mol. The van der Waals surface area contributed by atoms with Crippen LogP contribution in [0.25, 0.3) is 21.9 Å². The van der Waals surface area contributed by atoms with E-state index in [2.05, 4.69) is 20.1 Å². The topological polar surface area (TPSA) is 76.8 Å². The van der Waals surface area contributed by atoms with Crippen molar-refractivity contribution in [1.29, 1.82) is 0 Å². The predicted molar refractivity (Wildman–Crippen MR) is 96.5 cm³/mol. The zero-order chi connectivity index (χ0) is 20.9. The first-order valence-electron chi connectivity index (χ1n) is 8.89. The lowest BCUT2D eigenvalue weighted by Crippen LogP contribution is -2.47. The molecule has 0 spiro atoms. The van der Waals surface area contributed by atoms with E-state index in [1.54, 1.807) is 26.0 Å². The Morgan fingerprint density at radius 3 is 2.72 bits per heavy atom. The summed E-state index contributed by atoms with van der Waals surface area (Å²) in [5, 5.41) is 2.07. The van der Waals surface area contributed by atoms with Crippen LogP contribution in [0.5, 0.6) is 0 Å². The molecule has 0 radical (unpaired) electrons. The molecule has 1 saturated carbocycles. The smallest absolute Gasteiger partial charge is 0.408 e. The fraction of sp³-hybridized carbons (Fsp3) is 0.368. The molecule has 29 heavy (non-hydrogen) atoms. The van der Waals surface area contributed by atoms with Crippen LogP contribution in [0.2, 0.25) is 0 Å². The summed E-state index contributed by atoms with van der Waals surface area (Å²) >= 11 is 0. The normalized spacial score (nSPS) is 15.3. The molecule has 1 aliphatic rings. The number of aryl methyl sites for hydroxylation is 2. The van der Waals surface area contributed by atoms with Crippen molar-refractivity contribution >= 4 is 17.2 Å². The van der Waals surface area contributed by atoms with Crippen molar-refractivity contribution in [3.05, 3.63) is 47.0 Å². The van der Waals surface area contributed by atoms with E-state index in [0.29, 0.717) is 30.0 Å². The van der Waals surface area contributed by atoms with Gasteiger partial charge in [-0.3, -0.25) is 9.20 Å². The van der Waals surface area contributed by atoms with Gasteiger partial charge in [-0.15, -0.1) is 0 Å². The van der Waals surface area contributed by atoms with E-state index in [9.17, 15) is 18.0 Å². The van der Waals surface area contributed by atoms with Gasteiger partial charge in [0.15, 0.2) is 17.1 Å². The number of rotatable bonds is 4. The summed E-state index contributed by atoms with van der Waals surface area (Å²) in [7, 11) is 0. The molecule has 0 aliphatic heterocycles. The Hall–Kier alpha value is -3.35. The van der Waals surface area contributed by atoms with Crippen LogP contribution in [0.4, 0.5) is 18.9 Å². The van der Waals surface area contributed by atoms with E-state index in [1.165, 1.54) is 10.7 Å². The largest absolute Gasteiger partial charge is 0.472 e. The Balaban J connectivity index is 1.75. The number of nitrogens with one attached hydrogen (secondary N) is 1. The Bertz CT molecular complexity index is 1150. The molecule has 1 atom stereocenters. The highest BCUT2D eigenvalue weighted by Gasteiger charge is 2.50. The van der Waals surface area contributed by atoms with Crippen LogP contribution >= 0.6 is 0 Å². The van der Waals surface area contributed by atoms with Gasteiger partial charge in [-0.25, -0.2) is 14.8 Å². The molecule has 7 nitrogen and oxygen atoms in total. The number of imidazole rings is 1. The van der Waals surface area contributed by atoms with E-state index >= 15 is 0 Å². The Morgan fingerprint density at radius 1 is 1.38 bits per heavy atom. The zero-order valence-corrected chi connectivity index (χ0v) is 15.5. The number of hydrogen-bond acceptors (Lipinski definition) is 4. The first-order chi connectivity index (χ1) is 13.7. The summed E-state index contributed by atoms with van der Waals surface area (Å²) in [5.41, 5.74) is 1.08. The van der Waals surface area contributed by atoms with Gasteiger partial charge in [-0.2, -0.15) is 13.2 Å². The summed E-state index contributed by atoms with van der Waals surface area (Å²) in [6.45, 7) is 10.7. The Labute approximate surface area is 163 Å². The van der Waals surface area contributed by atoms with Crippen LogP contribution in [0.15, 0.2) is 22.9 Å². The lowest BCUT2D eigenvalue weighted by atomic mass is 10.1. The molecule has 1 amide bonds. The molecule has 4 rings (SSSR count). The molecule has 1 aliphatic carbocycles. The molecule has 1 fully saturated rings. The number of carbonyl (C=O) groups is 1. The molecular weight excluding hydrogens is 387 g/mol. The van der Waals surface area contributed by atoms with Gasteiger partial charge < -0.3 is 9.73 Å². The van der Waals surface area contributed by atoms with Gasteiger partial charge in [-0.1, -0.05) is 0 Å². The van der Waals surface area contributed by atoms with E-state index < -0.39 is 24.0 Å². The Kier molecular flexibility index (Phi) is 4.33. The van der Waals surface area contributed by atoms with Crippen molar-refractivity contribution in [2.75, 3.05) is 0 Å². The number of fused-ring (bicyclic) bond motifs is 1. The van der Waals surface area contributed by atoms with Crippen molar-refractivity contribution in [2.45, 2.75) is 38.9 Å². The molecule has 0 saturated heterocycles. The molecule has 150 valence electrons. The van der Waals surface area contributed by atoms with Crippen LogP contribution in [0.1, 0.15) is 34.8 Å². The third-order valence-corrected chi connectivity index (χ3v) is 4.83. The molecular formula is C19H16F3N5O2. The predicted octanol–water partition coefficient (Wildman–Crippen LogP) is 4.23. The Morgan fingerprint density at radius 2 is 2.10 bits per heavy atom. The zero-order valence-electron chi connectivity index (χ0n) is 15.5. The molecule has 3 aromatic rings. The van der Waals surface area contributed by atoms with E-state index in [1.807, 2.05) is 0 Å². The number of aromatic nitrogens is 3. The second-order valence-corrected chi connectivity index (χ2v) is 7.08. The summed E-state index contributed by atoms with van der Waals surface area (Å²) in [6, 6.07) is 1.32. The van der Waals surface area contributed by atoms with Gasteiger partial charge in [-0.05, 0) is 44.7 Å². The number of alkyl halides is 3. The molecule has 3 aromatic heterocycles. The van der Waals surface area contributed by atoms with Crippen LogP contribution < -0.4 is 5.32 Å². The minimum Gasteiger partial charge on any atom is -0.472 e. The van der Waals surface area contributed by atoms with Gasteiger partial charge in [0, 0.05) is 5.69 Å². The summed E-state index contributed by atoms with van der Waals surface area (Å²) in [6.07, 6.45) is -2.35. The minimum absolute atomic E-state index is 0.0965. The van der Waals surface area contributed by atoms with Gasteiger partial charge in [0.25, 0.3) is 5.91 Å². The van der Waals surface area contributed by atoms with Crippen molar-refractivity contribution < 1.29 is 22.4 Å². The molecule has 10 heteroatoms. The van der Waals surface area contributed by atoms with Crippen LogP contribution in [-0.2, 0) is 0 Å². The number of nitrogens with zero attached hydrogens (tertiary/aromatic N) is 4. The van der Waals surface area contributed by atoms with Gasteiger partial charge in [0.05, 0.1) is 18.0 Å². The summed E-state index contributed by atoms with van der Waals surface area (Å²) < 4.78 is 46.9. The molecule has 1 N–H and O–H groups in total. The second kappa shape index (κ2) is 6.62. The van der Waals surface area contributed by atoms with Crippen LogP contribution in [0, 0.1) is 26.3 Å². The number of amides is 1. The van der Waals surface area contributed by atoms with Gasteiger partial charge in [0.1, 0.15) is 12.4 Å². The van der Waals surface area contributed by atoms with Crippen LogP contribution in [0.3, 0.4) is 0 Å². The second-order valence-electron chi connectivity index (χ2n) is 7.08. The van der Waals surface area contributed by atoms with Gasteiger partial charge in [0.2, 0.25) is 5.69 Å². The maximum absolute atomic E-state index is 13.3. The maximum Gasteiger partial charge on any atom is 0.408 e. The number of halogens is 3. The molecule has 3 heterocycles. The summed E-state index contributed by atoms with van der Waals surface area (Å²) in [4.78, 5) is 24.3. The van der Waals surface area contributed by atoms with Crippen molar-refractivity contribution in [3.8, 4) is 11.5 Å². The molecule has 1 unspecified atom stereocenters. The monoisotopic (exact) mass is 403 g/mol. The standard InChI is InChI=1S/C19H16F3N5O2/c1-9-6-13(15-12(23-3)7-10(2)29-15)25-17-14(24-8-27(9)17)18(28)26-16(11-4-5-11)19(20,21)22/h6-8,11,16H,4-5H2,1-2H3,(H,26,28). The van der Waals surface area contributed by atoms with E-state index in [-0.39, 0.29) is 22.8 Å². The number of furan rings is 1. The first kappa shape index (κ1) is 19.0. The lowest BCUT2D eigenvalue weighted by Gasteiger charge is -2.20. The van der Waals surface area contributed by atoms with E-state index in [4.69, 9.17) is 11.0 Å². The highest BCUT2D eigenvalue weighted by Crippen LogP contribution is 2.40. The quantitative estimate of drug-likeness (QED) is 0.662. The average Bonchev–Trinajstić information content (AvgIpc) is 3.26. The number of carbonyl (C=O) groups excluding carboxylic acids is 1. The lowest BCUT2D eigenvalue weighted by molar-refractivity contribution is -0.158. The SMILES string of the molecule is [C-]#[N+]c1cc(C)oc1-c1cc(C)n2cnc(C(=O)NC(C3CC3)C(F)(F)F)c2n1. The highest BCUT2D eigenvalue weighted by molar-refractivity contribution is 5.98. The summed E-state index contributed by atoms with van der Waals surface area (Å²) in [5.74, 6) is -0.784. The molecule has 0 aromatic carbocycles. The number of hydrogen-bond donors (Lipinski definition) is 1. The van der Waals surface area contributed by atoms with E-state index in [0.717, 1.165) is 0 Å². The molecule has 0 bridgehead atoms. The van der Waals surface area contributed by atoms with Crippen molar-refractivity contribution in [1.82, 2.24) is 19.7 Å². The fourth-order valence-corrected chi connectivity index (χ4v) is 3.27. The maximum atomic E-state index is 13.3. The first-order valence-corrected chi connectivity index (χ1v) is 8.89. The van der Waals surface area contributed by atoms with Crippen molar-refractivity contribution in [2.24, 2.45) is 5.92 Å². The van der Waals surface area contributed by atoms with Gasteiger partial charge >= 0.3 is 6.18 Å². The van der Waals surface area contributed by atoms with Crippen molar-refractivity contribution in [3.63, 3.8) is 0 Å². The fourth-order valence-electron chi connectivity index (χ4n) is 3.27.